The molecule has 0 aromatic rings. The average molecular weight is 499 g/mol. The molecule has 0 amide bonds. The van der Waals surface area contributed by atoms with E-state index in [0.717, 1.165) is 25.9 Å². The fraction of sp³-hybridized carbons (Fsp3) is 0.879. The molecule has 1 saturated heterocycles. The quantitative estimate of drug-likeness (QED) is 0.385. The van der Waals surface area contributed by atoms with E-state index in [4.69, 9.17) is 9.47 Å². The molecule has 3 heteroatoms. The van der Waals surface area contributed by atoms with E-state index in [0.29, 0.717) is 52.4 Å². The number of aliphatic hydroxyl groups excluding tert-OH is 1. The largest absolute Gasteiger partial charge is 0.393 e. The van der Waals surface area contributed by atoms with Crippen LogP contribution < -0.4 is 0 Å². The van der Waals surface area contributed by atoms with Gasteiger partial charge in [0, 0.05) is 6.61 Å². The van der Waals surface area contributed by atoms with Gasteiger partial charge in [-0.15, -0.1) is 0 Å². The smallest absolute Gasteiger partial charge is 0.157 e. The summed E-state index contributed by atoms with van der Waals surface area (Å²) in [5.74, 6) is 3.63. The Morgan fingerprint density at radius 2 is 1.78 bits per heavy atom. The Morgan fingerprint density at radius 3 is 2.50 bits per heavy atom. The van der Waals surface area contributed by atoms with Crippen LogP contribution in [0.1, 0.15) is 112 Å². The van der Waals surface area contributed by atoms with Gasteiger partial charge in [-0.3, -0.25) is 0 Å². The first kappa shape index (κ1) is 26.9. The molecule has 3 nitrogen and oxygen atoms in total. The van der Waals surface area contributed by atoms with Crippen LogP contribution in [0.15, 0.2) is 23.3 Å². The third-order valence-corrected chi connectivity index (χ3v) is 12.1. The van der Waals surface area contributed by atoms with Crippen molar-refractivity contribution in [3.8, 4) is 0 Å². The predicted molar refractivity (Wildman–Crippen MR) is 147 cm³/mol. The third kappa shape index (κ3) is 4.79. The maximum absolute atomic E-state index is 11.2. The number of hydrogen-bond acceptors (Lipinski definition) is 3. The molecule has 0 bridgehead atoms. The lowest BCUT2D eigenvalue weighted by atomic mass is 9.50. The standard InChI is InChI=1S/C33H54O3/c1-21(2)22(3)19-30(34)23(4)27-12-13-28-26-11-10-24-20-25(36-31-9-7-8-18-35-31)14-16-32(24,5)29(26)15-17-33(27,28)6/h10-11,21-23,25,27-31,34H,7-9,12-20H2,1-6H3/t22-,23-,25-,27+,28-,29-,30-,31?,32-,33+/m0/s1. The molecule has 36 heavy (non-hydrogen) atoms. The zero-order chi connectivity index (χ0) is 25.7. The van der Waals surface area contributed by atoms with Gasteiger partial charge in [0.15, 0.2) is 6.29 Å². The highest BCUT2D eigenvalue weighted by Crippen LogP contribution is 2.66. The maximum Gasteiger partial charge on any atom is 0.157 e. The molecule has 0 radical (unpaired) electrons. The molecule has 5 rings (SSSR count). The predicted octanol–water partition coefficient (Wildman–Crippen LogP) is 8.08. The van der Waals surface area contributed by atoms with E-state index < -0.39 is 0 Å². The molecule has 1 aliphatic heterocycles. The van der Waals surface area contributed by atoms with Crippen LogP contribution in [0.5, 0.6) is 0 Å². The van der Waals surface area contributed by atoms with Crippen molar-refractivity contribution in [1.29, 1.82) is 0 Å². The van der Waals surface area contributed by atoms with Gasteiger partial charge in [-0.25, -0.2) is 0 Å². The number of rotatable bonds is 7. The lowest BCUT2D eigenvalue weighted by Gasteiger charge is -2.55. The van der Waals surface area contributed by atoms with Gasteiger partial charge in [0.05, 0.1) is 12.2 Å². The van der Waals surface area contributed by atoms with Crippen molar-refractivity contribution in [2.75, 3.05) is 6.61 Å². The minimum absolute atomic E-state index is 0.0232. The van der Waals surface area contributed by atoms with Crippen molar-refractivity contribution in [3.05, 3.63) is 23.3 Å². The summed E-state index contributed by atoms with van der Waals surface area (Å²) < 4.78 is 12.3. The van der Waals surface area contributed by atoms with Crippen molar-refractivity contribution in [1.82, 2.24) is 0 Å². The van der Waals surface area contributed by atoms with Crippen LogP contribution in [0.3, 0.4) is 0 Å². The van der Waals surface area contributed by atoms with Crippen molar-refractivity contribution in [2.45, 2.75) is 131 Å². The van der Waals surface area contributed by atoms with Crippen LogP contribution in [0, 0.1) is 46.3 Å². The Morgan fingerprint density at radius 1 is 0.972 bits per heavy atom. The Bertz CT molecular complexity index is 838. The van der Waals surface area contributed by atoms with Gasteiger partial charge >= 0.3 is 0 Å². The summed E-state index contributed by atoms with van der Waals surface area (Å²) in [4.78, 5) is 0. The second kappa shape index (κ2) is 10.5. The van der Waals surface area contributed by atoms with Gasteiger partial charge in [0.1, 0.15) is 0 Å². The summed E-state index contributed by atoms with van der Waals surface area (Å²) in [5, 5.41) is 11.2. The van der Waals surface area contributed by atoms with Crippen LogP contribution in [-0.2, 0) is 9.47 Å². The van der Waals surface area contributed by atoms with E-state index in [9.17, 15) is 5.11 Å². The van der Waals surface area contributed by atoms with Gasteiger partial charge in [-0.05, 0) is 117 Å². The van der Waals surface area contributed by atoms with Gasteiger partial charge in [0.2, 0.25) is 0 Å². The monoisotopic (exact) mass is 498 g/mol. The molecule has 1 N–H and O–H groups in total. The van der Waals surface area contributed by atoms with Gasteiger partial charge in [0.25, 0.3) is 0 Å². The molecule has 1 heterocycles. The average Bonchev–Trinajstić information content (AvgIpc) is 3.21. The zero-order valence-electron chi connectivity index (χ0n) is 24.1. The van der Waals surface area contributed by atoms with Gasteiger partial charge in [-0.2, -0.15) is 0 Å². The van der Waals surface area contributed by atoms with Crippen LogP contribution in [-0.4, -0.2) is 30.2 Å². The highest BCUT2D eigenvalue weighted by Gasteiger charge is 2.57. The minimum Gasteiger partial charge on any atom is -0.393 e. The van der Waals surface area contributed by atoms with E-state index in [-0.39, 0.29) is 12.4 Å². The van der Waals surface area contributed by atoms with E-state index in [1.165, 1.54) is 51.4 Å². The zero-order valence-corrected chi connectivity index (χ0v) is 24.1. The Balaban J connectivity index is 1.29. The molecule has 10 atom stereocenters. The Labute approximate surface area is 221 Å². The second-order valence-electron chi connectivity index (χ2n) is 14.3. The number of fused-ring (bicyclic) bond motifs is 5. The highest BCUT2D eigenvalue weighted by molar-refractivity contribution is 5.39. The van der Waals surface area contributed by atoms with Crippen LogP contribution in [0.2, 0.25) is 0 Å². The maximum atomic E-state index is 11.2. The molecule has 0 aromatic heterocycles. The van der Waals surface area contributed by atoms with Crippen molar-refractivity contribution in [3.63, 3.8) is 0 Å². The molecule has 4 fully saturated rings. The summed E-state index contributed by atoms with van der Waals surface area (Å²) >= 11 is 0. The molecule has 4 aliphatic carbocycles. The van der Waals surface area contributed by atoms with Gasteiger partial charge < -0.3 is 14.6 Å². The van der Waals surface area contributed by atoms with Crippen molar-refractivity contribution in [2.24, 2.45) is 46.3 Å². The number of hydrogen-bond donors (Lipinski definition) is 1. The third-order valence-electron chi connectivity index (χ3n) is 12.1. The summed E-state index contributed by atoms with van der Waals surface area (Å²) in [7, 11) is 0. The van der Waals surface area contributed by atoms with E-state index in [1.807, 2.05) is 0 Å². The molecule has 0 spiro atoms. The van der Waals surface area contributed by atoms with Gasteiger partial charge in [-0.1, -0.05) is 64.8 Å². The molecular formula is C33H54O3. The highest BCUT2D eigenvalue weighted by atomic mass is 16.7. The topological polar surface area (TPSA) is 38.7 Å². The Hall–Kier alpha value is -0.640. The summed E-state index contributed by atoms with van der Waals surface area (Å²) in [5.41, 5.74) is 4.02. The normalized spacial score (nSPS) is 43.1. The molecule has 5 aliphatic rings. The first-order valence-electron chi connectivity index (χ1n) is 15.5. The van der Waals surface area contributed by atoms with E-state index >= 15 is 0 Å². The summed E-state index contributed by atoms with van der Waals surface area (Å²) in [6.45, 7) is 15.3. The molecule has 3 saturated carbocycles. The number of ether oxygens (including phenoxy) is 2. The lowest BCUT2D eigenvalue weighted by molar-refractivity contribution is -0.193. The number of aliphatic hydroxyl groups is 1. The molecular weight excluding hydrogens is 444 g/mol. The van der Waals surface area contributed by atoms with Crippen molar-refractivity contribution < 1.29 is 14.6 Å². The molecule has 1 unspecified atom stereocenters. The Kier molecular flexibility index (Phi) is 7.86. The van der Waals surface area contributed by atoms with Crippen LogP contribution >= 0.6 is 0 Å². The fourth-order valence-electron chi connectivity index (χ4n) is 9.16. The van der Waals surface area contributed by atoms with Crippen LogP contribution in [0.25, 0.3) is 0 Å². The first-order valence-corrected chi connectivity index (χ1v) is 15.5. The van der Waals surface area contributed by atoms with Crippen LogP contribution in [0.4, 0.5) is 0 Å². The summed E-state index contributed by atoms with van der Waals surface area (Å²) in [6.07, 6.45) is 18.4. The summed E-state index contributed by atoms with van der Waals surface area (Å²) in [6, 6.07) is 0. The van der Waals surface area contributed by atoms with E-state index in [2.05, 4.69) is 53.7 Å². The van der Waals surface area contributed by atoms with Crippen molar-refractivity contribution >= 4 is 0 Å². The fourth-order valence-corrected chi connectivity index (χ4v) is 9.16. The second-order valence-corrected chi connectivity index (χ2v) is 14.3. The first-order chi connectivity index (χ1) is 17.1. The SMILES string of the molecule is CC(C)[C@@H](C)C[C@H](O)[C@@H](C)[C@H]1CC[C@H]2C3=CC=C4C[C@@H](OC5CCCCO5)CC[C@]4(C)[C@H]3CC[C@]12C. The number of allylic oxidation sites excluding steroid dienone is 3. The van der Waals surface area contributed by atoms with E-state index in [1.54, 1.807) is 11.1 Å². The molecule has 0 aromatic carbocycles. The minimum atomic E-state index is -0.173. The lowest BCUT2D eigenvalue weighted by Crippen LogP contribution is -2.47. The molecule has 204 valence electrons.